The van der Waals surface area contributed by atoms with Crippen LogP contribution < -0.4 is 10.6 Å². The minimum Gasteiger partial charge on any atom is -0.368 e. The van der Waals surface area contributed by atoms with E-state index in [9.17, 15) is 9.18 Å². The lowest BCUT2D eigenvalue weighted by atomic mass is 9.91. The highest BCUT2D eigenvalue weighted by Crippen LogP contribution is 2.41. The molecule has 2 N–H and O–H groups in total. The molecule has 5 heteroatoms. The third-order valence-electron chi connectivity index (χ3n) is 4.60. The van der Waals surface area contributed by atoms with Gasteiger partial charge in [-0.1, -0.05) is 12.1 Å². The maximum atomic E-state index is 13.2. The van der Waals surface area contributed by atoms with Gasteiger partial charge in [-0.15, -0.1) is 0 Å². The minimum atomic E-state index is -0.708. The van der Waals surface area contributed by atoms with Crippen LogP contribution in [0.2, 0.25) is 0 Å². The molecule has 1 saturated carbocycles. The summed E-state index contributed by atoms with van der Waals surface area (Å²) in [6.45, 7) is 1.58. The molecule has 1 aromatic rings. The Balaban J connectivity index is 1.61. The van der Waals surface area contributed by atoms with Crippen LogP contribution in [0.4, 0.5) is 4.39 Å². The van der Waals surface area contributed by atoms with Crippen LogP contribution in [0.25, 0.3) is 0 Å². The second-order valence-corrected chi connectivity index (χ2v) is 5.93. The first-order valence-electron chi connectivity index (χ1n) is 7.47. The van der Waals surface area contributed by atoms with Crippen LogP contribution in [0.3, 0.4) is 0 Å². The largest absolute Gasteiger partial charge is 0.368 e. The van der Waals surface area contributed by atoms with Gasteiger partial charge in [0, 0.05) is 19.1 Å². The van der Waals surface area contributed by atoms with Gasteiger partial charge in [-0.3, -0.25) is 4.79 Å². The second kappa shape index (κ2) is 5.73. The van der Waals surface area contributed by atoms with Crippen molar-refractivity contribution in [1.29, 1.82) is 0 Å². The molecule has 2 fully saturated rings. The van der Waals surface area contributed by atoms with E-state index in [-0.39, 0.29) is 23.7 Å². The van der Waals surface area contributed by atoms with Gasteiger partial charge in [0.05, 0.1) is 0 Å². The number of benzene rings is 1. The van der Waals surface area contributed by atoms with Crippen LogP contribution in [0.5, 0.6) is 0 Å². The normalized spacial score (nSPS) is 27.1. The molecular weight excluding hydrogens is 271 g/mol. The van der Waals surface area contributed by atoms with E-state index in [4.69, 9.17) is 4.74 Å². The van der Waals surface area contributed by atoms with Gasteiger partial charge in [-0.05, 0) is 50.0 Å². The molecule has 114 valence electrons. The van der Waals surface area contributed by atoms with Crippen molar-refractivity contribution < 1.29 is 13.9 Å². The molecular formula is C16H21FN2O2. The summed E-state index contributed by atoms with van der Waals surface area (Å²) in [5, 5.41) is 6.31. The molecule has 2 atom stereocenters. The summed E-state index contributed by atoms with van der Waals surface area (Å²) < 4.78 is 18.8. The molecule has 1 aliphatic heterocycles. The molecule has 0 bridgehead atoms. The molecule has 21 heavy (non-hydrogen) atoms. The van der Waals surface area contributed by atoms with Gasteiger partial charge in [0.1, 0.15) is 11.4 Å². The molecule has 1 saturated heterocycles. The van der Waals surface area contributed by atoms with Crippen molar-refractivity contribution in [3.63, 3.8) is 0 Å². The van der Waals surface area contributed by atoms with Crippen LogP contribution in [0, 0.1) is 5.82 Å². The maximum absolute atomic E-state index is 13.2. The van der Waals surface area contributed by atoms with Crippen LogP contribution in [0.15, 0.2) is 24.3 Å². The minimum absolute atomic E-state index is 0.0320. The first-order chi connectivity index (χ1) is 10.1. The van der Waals surface area contributed by atoms with Gasteiger partial charge < -0.3 is 15.4 Å². The Morgan fingerprint density at radius 2 is 2.19 bits per heavy atom. The van der Waals surface area contributed by atoms with Crippen molar-refractivity contribution in [1.82, 2.24) is 10.6 Å². The zero-order chi connectivity index (χ0) is 14.9. The monoisotopic (exact) mass is 292 g/mol. The highest BCUT2D eigenvalue weighted by Gasteiger charge is 2.45. The average Bonchev–Trinajstić information content (AvgIpc) is 3.27. The lowest BCUT2D eigenvalue weighted by Crippen LogP contribution is -2.54. The zero-order valence-electron chi connectivity index (χ0n) is 12.2. The summed E-state index contributed by atoms with van der Waals surface area (Å²) in [6.07, 6.45) is 2.24. The van der Waals surface area contributed by atoms with Crippen molar-refractivity contribution in [3.05, 3.63) is 35.6 Å². The summed E-state index contributed by atoms with van der Waals surface area (Å²) in [5.41, 5.74) is 0.248. The first-order valence-corrected chi connectivity index (χ1v) is 7.47. The van der Waals surface area contributed by atoms with E-state index in [0.717, 1.165) is 25.1 Å². The lowest BCUT2D eigenvalue weighted by molar-refractivity contribution is -0.146. The molecule has 1 aliphatic carbocycles. The zero-order valence-corrected chi connectivity index (χ0v) is 12.2. The molecule has 3 rings (SSSR count). The molecule has 1 aromatic carbocycles. The van der Waals surface area contributed by atoms with E-state index in [1.165, 1.54) is 6.07 Å². The predicted octanol–water partition coefficient (Wildman–Crippen LogP) is 1.57. The van der Waals surface area contributed by atoms with Gasteiger partial charge in [0.2, 0.25) is 0 Å². The average molecular weight is 292 g/mol. The number of rotatable bonds is 4. The van der Waals surface area contributed by atoms with E-state index in [1.807, 2.05) is 6.07 Å². The number of carbonyl (C=O) groups excluding carboxylic acids is 1. The smallest absolute Gasteiger partial charge is 0.252 e. The van der Waals surface area contributed by atoms with E-state index in [0.29, 0.717) is 12.8 Å². The van der Waals surface area contributed by atoms with Crippen LogP contribution >= 0.6 is 0 Å². The molecule has 0 aromatic heterocycles. The topological polar surface area (TPSA) is 50.4 Å². The van der Waals surface area contributed by atoms with Crippen molar-refractivity contribution in [3.8, 4) is 0 Å². The number of carbonyl (C=O) groups is 1. The van der Waals surface area contributed by atoms with Crippen molar-refractivity contribution in [2.24, 2.45) is 0 Å². The highest BCUT2D eigenvalue weighted by molar-refractivity contribution is 5.86. The van der Waals surface area contributed by atoms with Crippen molar-refractivity contribution in [2.75, 3.05) is 20.2 Å². The van der Waals surface area contributed by atoms with E-state index < -0.39 is 5.60 Å². The fraction of sp³-hybridized carbons (Fsp3) is 0.562. The summed E-state index contributed by atoms with van der Waals surface area (Å²) in [5.74, 6) is -0.0353. The van der Waals surface area contributed by atoms with E-state index >= 15 is 0 Å². The van der Waals surface area contributed by atoms with Gasteiger partial charge in [-0.25, -0.2) is 4.39 Å². The number of nitrogens with one attached hydrogen (secondary N) is 2. The van der Waals surface area contributed by atoms with Gasteiger partial charge in [0.25, 0.3) is 5.91 Å². The number of methoxy groups -OCH3 is 1. The third kappa shape index (κ3) is 2.94. The van der Waals surface area contributed by atoms with Gasteiger partial charge in [-0.2, -0.15) is 0 Å². The van der Waals surface area contributed by atoms with Gasteiger partial charge >= 0.3 is 0 Å². The molecule has 1 heterocycles. The number of piperidine rings is 1. The van der Waals surface area contributed by atoms with Gasteiger partial charge in [0.15, 0.2) is 0 Å². The number of ether oxygens (including phenoxy) is 1. The molecule has 4 nitrogen and oxygen atoms in total. The highest BCUT2D eigenvalue weighted by atomic mass is 19.1. The van der Waals surface area contributed by atoms with Crippen molar-refractivity contribution >= 4 is 5.91 Å². The molecule has 0 spiro atoms. The molecule has 2 unspecified atom stereocenters. The van der Waals surface area contributed by atoms with Crippen molar-refractivity contribution in [2.45, 2.75) is 36.8 Å². The Morgan fingerprint density at radius 3 is 2.86 bits per heavy atom. The first kappa shape index (κ1) is 14.5. The fourth-order valence-corrected chi connectivity index (χ4v) is 3.11. The Bertz CT molecular complexity index is 529. The summed E-state index contributed by atoms with van der Waals surface area (Å²) in [6, 6.07) is 6.71. The predicted molar refractivity (Wildman–Crippen MR) is 77.5 cm³/mol. The quantitative estimate of drug-likeness (QED) is 0.885. The third-order valence-corrected chi connectivity index (χ3v) is 4.60. The Hall–Kier alpha value is -1.46. The standard InChI is InChI=1S/C16H21FN2O2/c1-21-16(5-7-18-8-6-16)15(20)19-14-10-13(14)11-3-2-4-12(17)9-11/h2-4,9,13-14,18H,5-8,10H2,1H3,(H,19,20). The second-order valence-electron chi connectivity index (χ2n) is 5.93. The molecule has 0 radical (unpaired) electrons. The Kier molecular flexibility index (Phi) is 3.95. The molecule has 2 aliphatic rings. The van der Waals surface area contributed by atoms with E-state index in [2.05, 4.69) is 10.6 Å². The lowest BCUT2D eigenvalue weighted by Gasteiger charge is -2.34. The number of hydrogen-bond acceptors (Lipinski definition) is 3. The summed E-state index contributed by atoms with van der Waals surface area (Å²) in [7, 11) is 1.60. The van der Waals surface area contributed by atoms with E-state index in [1.54, 1.807) is 19.2 Å². The van der Waals surface area contributed by atoms with Crippen LogP contribution in [-0.4, -0.2) is 37.7 Å². The summed E-state index contributed by atoms with van der Waals surface area (Å²) >= 11 is 0. The summed E-state index contributed by atoms with van der Waals surface area (Å²) in [4.78, 5) is 12.5. The molecule has 1 amide bonds. The van der Waals surface area contributed by atoms with Crippen LogP contribution in [0.1, 0.15) is 30.7 Å². The number of amides is 1. The fourth-order valence-electron chi connectivity index (χ4n) is 3.11. The maximum Gasteiger partial charge on any atom is 0.252 e. The Labute approximate surface area is 124 Å². The number of halogens is 1. The number of hydrogen-bond donors (Lipinski definition) is 2. The van der Waals surface area contributed by atoms with Crippen LogP contribution in [-0.2, 0) is 9.53 Å². The Morgan fingerprint density at radius 1 is 1.43 bits per heavy atom. The SMILES string of the molecule is COC1(C(=O)NC2CC2c2cccc(F)c2)CCNCC1.